The van der Waals surface area contributed by atoms with Gasteiger partial charge in [0.05, 0.1) is 41.3 Å². The van der Waals surface area contributed by atoms with Crippen LogP contribution in [0.4, 0.5) is 11.6 Å². The molecule has 38 heavy (non-hydrogen) atoms. The van der Waals surface area contributed by atoms with Crippen molar-refractivity contribution in [3.63, 3.8) is 0 Å². The molecule has 1 aliphatic rings. The number of hydrogen-bond donors (Lipinski definition) is 2. The number of rotatable bonds is 6. The van der Waals surface area contributed by atoms with E-state index in [0.717, 1.165) is 22.7 Å². The Morgan fingerprint density at radius 1 is 1.08 bits per heavy atom. The fraction of sp³-hybridized carbons (Fsp3) is 0.179. The van der Waals surface area contributed by atoms with Crippen molar-refractivity contribution in [2.45, 2.75) is 19.5 Å². The van der Waals surface area contributed by atoms with Crippen molar-refractivity contribution in [2.24, 2.45) is 0 Å². The van der Waals surface area contributed by atoms with Crippen LogP contribution in [0.3, 0.4) is 0 Å². The second-order valence-electron chi connectivity index (χ2n) is 8.76. The van der Waals surface area contributed by atoms with Gasteiger partial charge in [0.25, 0.3) is 5.56 Å². The standard InChI is InChI=1S/C28H25Cl2N5O2S/c1-37-21-10-7-18(8-11-21)16-31-27-32-24-13-14-34(28(38)33-25-12-9-19(29)15-23(25)30)17-22(24)26(36)35(27)20-5-3-2-4-6-20/h2-12,15H,13-14,16-17H2,1H3,(H,31,32)(H,33,38). The number of fused-ring (bicyclic) bond motifs is 1. The lowest BCUT2D eigenvalue weighted by Gasteiger charge is -2.31. The Morgan fingerprint density at radius 2 is 1.84 bits per heavy atom. The summed E-state index contributed by atoms with van der Waals surface area (Å²) in [6, 6.07) is 22.4. The molecule has 10 heteroatoms. The van der Waals surface area contributed by atoms with Gasteiger partial charge in [-0.05, 0) is 60.2 Å². The van der Waals surface area contributed by atoms with E-state index >= 15 is 0 Å². The second kappa shape index (κ2) is 11.4. The molecule has 0 saturated heterocycles. The van der Waals surface area contributed by atoms with Crippen LogP contribution >= 0.6 is 35.4 Å². The Morgan fingerprint density at radius 3 is 2.55 bits per heavy atom. The quantitative estimate of drug-likeness (QED) is 0.281. The maximum absolute atomic E-state index is 13.9. The number of hydrogen-bond acceptors (Lipinski definition) is 5. The summed E-state index contributed by atoms with van der Waals surface area (Å²) in [5.41, 5.74) is 3.68. The molecule has 2 N–H and O–H groups in total. The van der Waals surface area contributed by atoms with E-state index in [0.29, 0.717) is 58.4 Å². The maximum atomic E-state index is 13.9. The Labute approximate surface area is 236 Å². The molecule has 4 aromatic rings. The highest BCUT2D eigenvalue weighted by Gasteiger charge is 2.26. The average molecular weight is 567 g/mol. The third-order valence-electron chi connectivity index (χ3n) is 6.31. The van der Waals surface area contributed by atoms with E-state index < -0.39 is 0 Å². The van der Waals surface area contributed by atoms with E-state index in [4.69, 9.17) is 45.1 Å². The molecule has 1 aromatic heterocycles. The molecule has 5 rings (SSSR count). The van der Waals surface area contributed by atoms with Crippen LogP contribution in [0.15, 0.2) is 77.6 Å². The minimum atomic E-state index is -0.129. The van der Waals surface area contributed by atoms with Crippen LogP contribution in [0.2, 0.25) is 10.0 Å². The first kappa shape index (κ1) is 26.0. The topological polar surface area (TPSA) is 71.4 Å². The molecule has 194 valence electrons. The van der Waals surface area contributed by atoms with E-state index in [1.165, 1.54) is 0 Å². The molecule has 0 atom stereocenters. The number of nitrogens with zero attached hydrogens (tertiary/aromatic N) is 3. The molecule has 0 aliphatic carbocycles. The van der Waals surface area contributed by atoms with Crippen molar-refractivity contribution in [3.8, 4) is 11.4 Å². The van der Waals surface area contributed by atoms with Gasteiger partial charge in [0.15, 0.2) is 5.11 Å². The number of nitrogens with one attached hydrogen (secondary N) is 2. The molecule has 7 nitrogen and oxygen atoms in total. The summed E-state index contributed by atoms with van der Waals surface area (Å²) in [6.45, 7) is 1.46. The highest BCUT2D eigenvalue weighted by molar-refractivity contribution is 7.80. The summed E-state index contributed by atoms with van der Waals surface area (Å²) in [7, 11) is 1.64. The van der Waals surface area contributed by atoms with Crippen molar-refractivity contribution < 1.29 is 4.74 Å². The van der Waals surface area contributed by atoms with Crippen LogP contribution in [0.25, 0.3) is 5.69 Å². The first-order valence-electron chi connectivity index (χ1n) is 12.0. The highest BCUT2D eigenvalue weighted by atomic mass is 35.5. The monoisotopic (exact) mass is 565 g/mol. The van der Waals surface area contributed by atoms with Crippen LogP contribution in [-0.4, -0.2) is 33.2 Å². The van der Waals surface area contributed by atoms with Gasteiger partial charge in [0.2, 0.25) is 5.95 Å². The van der Waals surface area contributed by atoms with E-state index in [1.54, 1.807) is 29.9 Å². The predicted octanol–water partition coefficient (Wildman–Crippen LogP) is 5.92. The second-order valence-corrected chi connectivity index (χ2v) is 9.99. The number of halogens is 2. The van der Waals surface area contributed by atoms with Gasteiger partial charge in [-0.15, -0.1) is 0 Å². The Hall–Kier alpha value is -3.59. The molecular weight excluding hydrogens is 541 g/mol. The van der Waals surface area contributed by atoms with Crippen LogP contribution in [0.1, 0.15) is 16.8 Å². The number of thiocarbonyl (C=S) groups is 1. The zero-order valence-electron chi connectivity index (χ0n) is 20.6. The smallest absolute Gasteiger partial charge is 0.264 e. The van der Waals surface area contributed by atoms with E-state index in [1.807, 2.05) is 59.5 Å². The summed E-state index contributed by atoms with van der Waals surface area (Å²) in [5, 5.41) is 8.04. The summed E-state index contributed by atoms with van der Waals surface area (Å²) in [5.74, 6) is 1.29. The lowest BCUT2D eigenvalue weighted by molar-refractivity contribution is 0.391. The molecular formula is C28H25Cl2N5O2S. The van der Waals surface area contributed by atoms with Crippen LogP contribution < -0.4 is 20.9 Å². The third-order valence-corrected chi connectivity index (χ3v) is 7.22. The third kappa shape index (κ3) is 5.62. The summed E-state index contributed by atoms with van der Waals surface area (Å²) in [6.07, 6.45) is 0.577. The zero-order chi connectivity index (χ0) is 26.6. The normalized spacial score (nSPS) is 12.6. The van der Waals surface area contributed by atoms with Gasteiger partial charge in [0.1, 0.15) is 5.75 Å². The maximum Gasteiger partial charge on any atom is 0.264 e. The molecule has 0 spiro atoms. The molecule has 0 amide bonds. The fourth-order valence-electron chi connectivity index (χ4n) is 4.29. The molecule has 0 fully saturated rings. The van der Waals surface area contributed by atoms with Gasteiger partial charge in [-0.2, -0.15) is 0 Å². The van der Waals surface area contributed by atoms with Crippen molar-refractivity contribution in [1.82, 2.24) is 14.5 Å². The van der Waals surface area contributed by atoms with Gasteiger partial charge >= 0.3 is 0 Å². The molecule has 0 radical (unpaired) electrons. The largest absolute Gasteiger partial charge is 0.497 e. The van der Waals surface area contributed by atoms with Gasteiger partial charge in [-0.3, -0.25) is 4.79 Å². The van der Waals surface area contributed by atoms with Gasteiger partial charge < -0.3 is 20.3 Å². The lowest BCUT2D eigenvalue weighted by Crippen LogP contribution is -2.43. The number of para-hydroxylation sites is 1. The summed E-state index contributed by atoms with van der Waals surface area (Å²) < 4.78 is 6.87. The van der Waals surface area contributed by atoms with Crippen LogP contribution in [0, 0.1) is 0 Å². The minimum absolute atomic E-state index is 0.129. The predicted molar refractivity (Wildman–Crippen MR) is 157 cm³/mol. The Kier molecular flexibility index (Phi) is 7.83. The fourth-order valence-corrected chi connectivity index (χ4v) is 5.02. The lowest BCUT2D eigenvalue weighted by atomic mass is 10.1. The Bertz CT molecular complexity index is 1530. The Balaban J connectivity index is 1.43. The number of anilines is 2. The molecule has 0 saturated carbocycles. The molecule has 0 unspecified atom stereocenters. The van der Waals surface area contributed by atoms with Crippen LogP contribution in [-0.2, 0) is 19.5 Å². The number of aromatic nitrogens is 2. The van der Waals surface area contributed by atoms with Gasteiger partial charge in [-0.1, -0.05) is 53.5 Å². The van der Waals surface area contributed by atoms with Crippen molar-refractivity contribution in [2.75, 3.05) is 24.3 Å². The van der Waals surface area contributed by atoms with Crippen LogP contribution in [0.5, 0.6) is 5.75 Å². The number of ether oxygens (including phenoxy) is 1. The first-order valence-corrected chi connectivity index (χ1v) is 13.2. The molecule has 3 aromatic carbocycles. The number of benzene rings is 3. The summed E-state index contributed by atoms with van der Waals surface area (Å²) >= 11 is 18.0. The number of methoxy groups -OCH3 is 1. The summed E-state index contributed by atoms with van der Waals surface area (Å²) in [4.78, 5) is 20.7. The van der Waals surface area contributed by atoms with E-state index in [2.05, 4.69) is 10.6 Å². The van der Waals surface area contributed by atoms with Crippen molar-refractivity contribution >= 4 is 52.2 Å². The SMILES string of the molecule is COc1ccc(CNc2nc3c(c(=O)n2-c2ccccc2)CN(C(=S)Nc2ccc(Cl)cc2Cl)CC3)cc1. The first-order chi connectivity index (χ1) is 18.4. The zero-order valence-corrected chi connectivity index (χ0v) is 22.9. The van der Waals surface area contributed by atoms with E-state index in [-0.39, 0.29) is 5.56 Å². The molecule has 0 bridgehead atoms. The van der Waals surface area contributed by atoms with E-state index in [9.17, 15) is 4.79 Å². The van der Waals surface area contributed by atoms with Crippen molar-refractivity contribution in [1.29, 1.82) is 0 Å². The molecule has 2 heterocycles. The minimum Gasteiger partial charge on any atom is -0.497 e. The van der Waals surface area contributed by atoms with Gasteiger partial charge in [-0.25, -0.2) is 9.55 Å². The molecule has 1 aliphatic heterocycles. The van der Waals surface area contributed by atoms with Crippen molar-refractivity contribution in [3.05, 3.63) is 110 Å². The highest BCUT2D eigenvalue weighted by Crippen LogP contribution is 2.27. The van der Waals surface area contributed by atoms with Gasteiger partial charge in [0, 0.05) is 24.5 Å². The average Bonchev–Trinajstić information content (AvgIpc) is 2.94.